The van der Waals surface area contributed by atoms with E-state index in [1.54, 1.807) is 0 Å². The molecule has 0 radical (unpaired) electrons. The zero-order valence-corrected chi connectivity index (χ0v) is 11.9. The molecule has 0 aliphatic rings. The average molecular weight is 285 g/mol. The van der Waals surface area contributed by atoms with E-state index in [1.165, 1.54) is 28.7 Å². The maximum Gasteiger partial charge on any atom is 0.253 e. The van der Waals surface area contributed by atoms with Crippen molar-refractivity contribution in [1.82, 2.24) is 14.9 Å². The summed E-state index contributed by atoms with van der Waals surface area (Å²) in [4.78, 5) is 27.0. The standard InChI is InChI=1S/C16H19N3O2/c20-15(8-4-7-14-5-2-1-3-6-14)18-11-12-19-13-17-10-9-16(19)21/h1-3,5-6,9-10,13H,4,7-8,11-12H2,(H,18,20). The van der Waals surface area contributed by atoms with Gasteiger partial charge in [-0.15, -0.1) is 0 Å². The minimum Gasteiger partial charge on any atom is -0.354 e. The summed E-state index contributed by atoms with van der Waals surface area (Å²) in [5.41, 5.74) is 1.13. The lowest BCUT2D eigenvalue weighted by Gasteiger charge is -2.07. The average Bonchev–Trinajstić information content (AvgIpc) is 2.50. The van der Waals surface area contributed by atoms with Crippen molar-refractivity contribution in [1.29, 1.82) is 0 Å². The molecule has 0 aliphatic carbocycles. The van der Waals surface area contributed by atoms with Gasteiger partial charge in [0.25, 0.3) is 5.56 Å². The molecule has 0 atom stereocenters. The molecule has 2 aromatic rings. The van der Waals surface area contributed by atoms with E-state index in [9.17, 15) is 9.59 Å². The minimum absolute atomic E-state index is 0.0165. The van der Waals surface area contributed by atoms with E-state index < -0.39 is 0 Å². The van der Waals surface area contributed by atoms with Crippen molar-refractivity contribution in [3.05, 3.63) is 64.8 Å². The van der Waals surface area contributed by atoms with Crippen LogP contribution < -0.4 is 10.9 Å². The van der Waals surface area contributed by atoms with Gasteiger partial charge in [0.15, 0.2) is 0 Å². The zero-order chi connectivity index (χ0) is 14.9. The third-order valence-corrected chi connectivity index (χ3v) is 3.18. The maximum atomic E-state index is 11.7. The molecule has 1 heterocycles. The highest BCUT2D eigenvalue weighted by Crippen LogP contribution is 2.04. The summed E-state index contributed by atoms with van der Waals surface area (Å²) in [6, 6.07) is 11.5. The van der Waals surface area contributed by atoms with E-state index in [0.717, 1.165) is 12.8 Å². The smallest absolute Gasteiger partial charge is 0.253 e. The molecule has 1 N–H and O–H groups in total. The van der Waals surface area contributed by atoms with Crippen LogP contribution in [0.5, 0.6) is 0 Å². The molecule has 110 valence electrons. The van der Waals surface area contributed by atoms with E-state index >= 15 is 0 Å². The van der Waals surface area contributed by atoms with Gasteiger partial charge in [0.05, 0.1) is 6.33 Å². The van der Waals surface area contributed by atoms with Gasteiger partial charge in [0.1, 0.15) is 0 Å². The number of nitrogens with one attached hydrogen (secondary N) is 1. The summed E-state index contributed by atoms with van der Waals surface area (Å²) >= 11 is 0. The second-order valence-electron chi connectivity index (χ2n) is 4.80. The number of carbonyl (C=O) groups excluding carboxylic acids is 1. The van der Waals surface area contributed by atoms with Crippen LogP contribution in [-0.4, -0.2) is 22.0 Å². The van der Waals surface area contributed by atoms with E-state index in [0.29, 0.717) is 19.5 Å². The Balaban J connectivity index is 1.64. The van der Waals surface area contributed by atoms with Crippen LogP contribution in [0.25, 0.3) is 0 Å². The molecule has 0 bridgehead atoms. The van der Waals surface area contributed by atoms with Gasteiger partial charge in [0.2, 0.25) is 5.91 Å². The fourth-order valence-electron chi connectivity index (χ4n) is 2.05. The topological polar surface area (TPSA) is 64.0 Å². The predicted octanol–water partition coefficient (Wildman–Crippen LogP) is 1.38. The number of carbonyl (C=O) groups is 1. The number of rotatable bonds is 7. The molecule has 21 heavy (non-hydrogen) atoms. The Morgan fingerprint density at radius 1 is 1.19 bits per heavy atom. The number of aryl methyl sites for hydroxylation is 1. The fourth-order valence-corrected chi connectivity index (χ4v) is 2.05. The van der Waals surface area contributed by atoms with Crippen LogP contribution in [0.15, 0.2) is 53.7 Å². The van der Waals surface area contributed by atoms with E-state index in [4.69, 9.17) is 0 Å². The Bertz CT molecular complexity index is 623. The van der Waals surface area contributed by atoms with Crippen LogP contribution in [0.3, 0.4) is 0 Å². The normalized spacial score (nSPS) is 10.3. The number of aromatic nitrogens is 2. The highest BCUT2D eigenvalue weighted by atomic mass is 16.1. The highest BCUT2D eigenvalue weighted by Gasteiger charge is 2.02. The molecule has 5 nitrogen and oxygen atoms in total. The van der Waals surface area contributed by atoms with E-state index in [-0.39, 0.29) is 11.5 Å². The molecular formula is C16H19N3O2. The van der Waals surface area contributed by atoms with Crippen molar-refractivity contribution in [3.8, 4) is 0 Å². The fraction of sp³-hybridized carbons (Fsp3) is 0.312. The van der Waals surface area contributed by atoms with Crippen molar-refractivity contribution < 1.29 is 4.79 Å². The second kappa shape index (κ2) is 7.99. The predicted molar refractivity (Wildman–Crippen MR) is 80.9 cm³/mol. The Kier molecular flexibility index (Phi) is 5.70. The van der Waals surface area contributed by atoms with Gasteiger partial charge in [-0.3, -0.25) is 14.2 Å². The van der Waals surface area contributed by atoms with Gasteiger partial charge in [-0.1, -0.05) is 30.3 Å². The number of amides is 1. The van der Waals surface area contributed by atoms with Gasteiger partial charge < -0.3 is 5.32 Å². The molecule has 0 saturated heterocycles. The van der Waals surface area contributed by atoms with Crippen molar-refractivity contribution in [3.63, 3.8) is 0 Å². The monoisotopic (exact) mass is 285 g/mol. The second-order valence-corrected chi connectivity index (χ2v) is 4.80. The van der Waals surface area contributed by atoms with Crippen molar-refractivity contribution in [2.24, 2.45) is 0 Å². The first kappa shape index (κ1) is 15.0. The minimum atomic E-state index is -0.108. The van der Waals surface area contributed by atoms with Gasteiger partial charge in [-0.2, -0.15) is 0 Å². The zero-order valence-electron chi connectivity index (χ0n) is 11.9. The molecule has 0 fully saturated rings. The van der Waals surface area contributed by atoms with Gasteiger partial charge in [-0.05, 0) is 18.4 Å². The molecule has 1 aromatic heterocycles. The number of hydrogen-bond donors (Lipinski definition) is 1. The van der Waals surface area contributed by atoms with Crippen molar-refractivity contribution in [2.75, 3.05) is 6.54 Å². The lowest BCUT2D eigenvalue weighted by atomic mass is 10.1. The van der Waals surface area contributed by atoms with Crippen LogP contribution in [0, 0.1) is 0 Å². The van der Waals surface area contributed by atoms with Crippen molar-refractivity contribution in [2.45, 2.75) is 25.8 Å². The first-order chi connectivity index (χ1) is 10.3. The summed E-state index contributed by atoms with van der Waals surface area (Å²) in [5, 5.41) is 2.82. The highest BCUT2D eigenvalue weighted by molar-refractivity contribution is 5.75. The van der Waals surface area contributed by atoms with Crippen LogP contribution in [-0.2, 0) is 17.8 Å². The number of nitrogens with zero attached hydrogens (tertiary/aromatic N) is 2. The van der Waals surface area contributed by atoms with E-state index in [1.807, 2.05) is 18.2 Å². The summed E-state index contributed by atoms with van der Waals surface area (Å²) in [5.74, 6) is 0.0165. The molecule has 2 rings (SSSR count). The molecule has 5 heteroatoms. The Labute approximate surface area is 123 Å². The Morgan fingerprint density at radius 3 is 2.76 bits per heavy atom. The first-order valence-electron chi connectivity index (χ1n) is 7.07. The van der Waals surface area contributed by atoms with Crippen LogP contribution in [0.1, 0.15) is 18.4 Å². The molecule has 1 amide bonds. The third-order valence-electron chi connectivity index (χ3n) is 3.18. The van der Waals surface area contributed by atoms with Gasteiger partial charge >= 0.3 is 0 Å². The van der Waals surface area contributed by atoms with Crippen LogP contribution >= 0.6 is 0 Å². The molecule has 1 aromatic carbocycles. The lowest BCUT2D eigenvalue weighted by molar-refractivity contribution is -0.121. The summed E-state index contributed by atoms with van der Waals surface area (Å²) in [6.07, 6.45) is 5.15. The molecule has 0 unspecified atom stereocenters. The Morgan fingerprint density at radius 2 is 2.00 bits per heavy atom. The SMILES string of the molecule is O=C(CCCc1ccccc1)NCCn1cnccc1=O. The molecule has 0 spiro atoms. The molecule has 0 saturated carbocycles. The van der Waals surface area contributed by atoms with Crippen LogP contribution in [0.2, 0.25) is 0 Å². The summed E-state index contributed by atoms with van der Waals surface area (Å²) in [6.45, 7) is 0.882. The quantitative estimate of drug-likeness (QED) is 0.836. The molecule has 0 aliphatic heterocycles. The largest absolute Gasteiger partial charge is 0.354 e. The van der Waals surface area contributed by atoms with Crippen LogP contribution in [0.4, 0.5) is 0 Å². The number of hydrogen-bond acceptors (Lipinski definition) is 3. The Hall–Kier alpha value is -2.43. The van der Waals surface area contributed by atoms with Gasteiger partial charge in [-0.25, -0.2) is 4.98 Å². The van der Waals surface area contributed by atoms with E-state index in [2.05, 4.69) is 22.4 Å². The third kappa shape index (κ3) is 5.22. The number of benzene rings is 1. The lowest BCUT2D eigenvalue weighted by Crippen LogP contribution is -2.30. The first-order valence-corrected chi connectivity index (χ1v) is 7.07. The summed E-state index contributed by atoms with van der Waals surface area (Å²) in [7, 11) is 0. The summed E-state index contributed by atoms with van der Waals surface area (Å²) < 4.78 is 1.48. The maximum absolute atomic E-state index is 11.7. The molecular weight excluding hydrogens is 266 g/mol. The van der Waals surface area contributed by atoms with Crippen molar-refractivity contribution >= 4 is 5.91 Å². The van der Waals surface area contributed by atoms with Gasteiger partial charge in [0, 0.05) is 31.8 Å².